The summed E-state index contributed by atoms with van der Waals surface area (Å²) in [5.74, 6) is 1.04. The third-order valence-corrected chi connectivity index (χ3v) is 2.86. The maximum absolute atomic E-state index is 9.34. The summed E-state index contributed by atoms with van der Waals surface area (Å²) >= 11 is 5.94. The number of aliphatic hydroxyl groups excluding tert-OH is 1. The van der Waals surface area contributed by atoms with E-state index in [1.54, 1.807) is 24.7 Å². The van der Waals surface area contributed by atoms with Crippen LogP contribution in [0.3, 0.4) is 0 Å². The van der Waals surface area contributed by atoms with E-state index in [-0.39, 0.29) is 6.61 Å². The van der Waals surface area contributed by atoms with Crippen molar-refractivity contribution in [3.8, 4) is 11.5 Å². The van der Waals surface area contributed by atoms with Crippen LogP contribution in [0.4, 0.5) is 0 Å². The molecule has 1 aromatic heterocycles. The van der Waals surface area contributed by atoms with Gasteiger partial charge < -0.3 is 19.1 Å². The Morgan fingerprint density at radius 1 is 1.42 bits per heavy atom. The highest BCUT2D eigenvalue weighted by molar-refractivity contribution is 6.30. The van der Waals surface area contributed by atoms with Crippen molar-refractivity contribution in [2.75, 3.05) is 13.7 Å². The molecular formula is C13H15ClN2O3. The van der Waals surface area contributed by atoms with Crippen molar-refractivity contribution in [3.63, 3.8) is 0 Å². The van der Waals surface area contributed by atoms with Crippen molar-refractivity contribution < 1.29 is 14.6 Å². The van der Waals surface area contributed by atoms with Crippen LogP contribution in [-0.4, -0.2) is 28.4 Å². The molecule has 0 aliphatic carbocycles. The van der Waals surface area contributed by atoms with Crippen molar-refractivity contribution in [3.05, 3.63) is 41.4 Å². The van der Waals surface area contributed by atoms with Crippen LogP contribution < -0.4 is 9.47 Å². The Balaban J connectivity index is 2.09. The van der Waals surface area contributed by atoms with Crippen LogP contribution in [0.15, 0.2) is 30.9 Å². The van der Waals surface area contributed by atoms with Crippen molar-refractivity contribution in [1.82, 2.24) is 9.55 Å². The van der Waals surface area contributed by atoms with Crippen LogP contribution in [0.25, 0.3) is 0 Å². The molecule has 19 heavy (non-hydrogen) atoms. The molecule has 0 bridgehead atoms. The summed E-state index contributed by atoms with van der Waals surface area (Å²) in [6.07, 6.45) is 5.28. The number of aliphatic hydroxyl groups is 1. The van der Waals surface area contributed by atoms with E-state index in [1.807, 2.05) is 10.8 Å². The fourth-order valence-electron chi connectivity index (χ4n) is 1.73. The molecule has 1 heterocycles. The largest absolute Gasteiger partial charge is 0.493 e. The van der Waals surface area contributed by atoms with Gasteiger partial charge in [0.15, 0.2) is 11.5 Å². The van der Waals surface area contributed by atoms with Crippen LogP contribution in [0.1, 0.15) is 5.56 Å². The van der Waals surface area contributed by atoms with Gasteiger partial charge in [0.2, 0.25) is 0 Å². The molecule has 0 spiro atoms. The molecule has 2 aromatic rings. The highest BCUT2D eigenvalue weighted by atomic mass is 35.5. The van der Waals surface area contributed by atoms with Gasteiger partial charge in [-0.15, -0.1) is 0 Å². The summed E-state index contributed by atoms with van der Waals surface area (Å²) in [7, 11) is 1.54. The van der Waals surface area contributed by atoms with Gasteiger partial charge in [-0.2, -0.15) is 0 Å². The molecular weight excluding hydrogens is 268 g/mol. The second-order valence-corrected chi connectivity index (χ2v) is 4.34. The lowest BCUT2D eigenvalue weighted by molar-refractivity contribution is 0.249. The first-order valence-electron chi connectivity index (χ1n) is 5.80. The van der Waals surface area contributed by atoms with Crippen molar-refractivity contribution >= 4 is 11.6 Å². The van der Waals surface area contributed by atoms with E-state index in [9.17, 15) is 5.11 Å². The van der Waals surface area contributed by atoms with Gasteiger partial charge in [-0.05, 0) is 6.07 Å². The van der Waals surface area contributed by atoms with E-state index in [1.165, 1.54) is 7.11 Å². The Bertz CT molecular complexity index is 504. The molecule has 0 fully saturated rings. The second kappa shape index (κ2) is 6.45. The quantitative estimate of drug-likeness (QED) is 0.882. The van der Waals surface area contributed by atoms with Crippen molar-refractivity contribution in [2.45, 2.75) is 13.2 Å². The lowest BCUT2D eigenvalue weighted by Gasteiger charge is -2.14. The number of ether oxygens (including phenoxy) is 2. The predicted molar refractivity (Wildman–Crippen MR) is 71.6 cm³/mol. The summed E-state index contributed by atoms with van der Waals surface area (Å²) < 4.78 is 12.8. The van der Waals surface area contributed by atoms with Crippen LogP contribution in [-0.2, 0) is 13.2 Å². The van der Waals surface area contributed by atoms with Crippen LogP contribution in [0, 0.1) is 0 Å². The first kappa shape index (κ1) is 13.7. The molecule has 0 saturated heterocycles. The SMILES string of the molecule is COc1cc(Cl)cc(CO)c1OCCn1ccnc1. The maximum Gasteiger partial charge on any atom is 0.166 e. The van der Waals surface area contributed by atoms with E-state index in [2.05, 4.69) is 4.98 Å². The summed E-state index contributed by atoms with van der Waals surface area (Å²) in [5, 5.41) is 9.84. The molecule has 0 saturated carbocycles. The van der Waals surface area contributed by atoms with Gasteiger partial charge in [0, 0.05) is 29.0 Å². The molecule has 0 atom stereocenters. The molecule has 0 radical (unpaired) electrons. The second-order valence-electron chi connectivity index (χ2n) is 3.90. The number of hydrogen-bond donors (Lipinski definition) is 1. The number of rotatable bonds is 6. The number of aromatic nitrogens is 2. The van der Waals surface area contributed by atoms with Crippen molar-refractivity contribution in [2.24, 2.45) is 0 Å². The predicted octanol–water partition coefficient (Wildman–Crippen LogP) is 2.12. The maximum atomic E-state index is 9.34. The number of nitrogens with zero attached hydrogens (tertiary/aromatic N) is 2. The number of benzene rings is 1. The van der Waals surface area contributed by atoms with Crippen LogP contribution >= 0.6 is 11.6 Å². The average Bonchev–Trinajstić information content (AvgIpc) is 2.92. The van der Waals surface area contributed by atoms with E-state index < -0.39 is 0 Å². The minimum atomic E-state index is -0.155. The molecule has 1 aromatic carbocycles. The third kappa shape index (κ3) is 3.39. The van der Waals surface area contributed by atoms with Gasteiger partial charge in [0.05, 0.1) is 26.6 Å². The lowest BCUT2D eigenvalue weighted by atomic mass is 10.2. The molecule has 0 amide bonds. The monoisotopic (exact) mass is 282 g/mol. The molecule has 102 valence electrons. The molecule has 5 nitrogen and oxygen atoms in total. The first-order chi connectivity index (χ1) is 9.24. The van der Waals surface area contributed by atoms with Crippen LogP contribution in [0.5, 0.6) is 11.5 Å². The molecule has 6 heteroatoms. The Morgan fingerprint density at radius 3 is 2.89 bits per heavy atom. The Hall–Kier alpha value is -1.72. The van der Waals surface area contributed by atoms with Gasteiger partial charge >= 0.3 is 0 Å². The molecule has 0 unspecified atom stereocenters. The minimum Gasteiger partial charge on any atom is -0.493 e. The summed E-state index contributed by atoms with van der Waals surface area (Å²) in [6.45, 7) is 0.954. The fraction of sp³-hybridized carbons (Fsp3) is 0.308. The third-order valence-electron chi connectivity index (χ3n) is 2.64. The van der Waals surface area contributed by atoms with E-state index in [4.69, 9.17) is 21.1 Å². The minimum absolute atomic E-state index is 0.155. The van der Waals surface area contributed by atoms with E-state index in [0.717, 1.165) is 0 Å². The van der Waals surface area contributed by atoms with Gasteiger partial charge in [-0.3, -0.25) is 0 Å². The van der Waals surface area contributed by atoms with Gasteiger partial charge in [-0.1, -0.05) is 11.6 Å². The zero-order valence-corrected chi connectivity index (χ0v) is 11.3. The zero-order chi connectivity index (χ0) is 13.7. The van der Waals surface area contributed by atoms with Gasteiger partial charge in [0.1, 0.15) is 6.61 Å². The van der Waals surface area contributed by atoms with Gasteiger partial charge in [-0.25, -0.2) is 4.98 Å². The standard InChI is InChI=1S/C13H15ClN2O3/c1-18-12-7-11(14)6-10(8-17)13(12)19-5-4-16-3-2-15-9-16/h2-3,6-7,9,17H,4-5,8H2,1H3. The molecule has 1 N–H and O–H groups in total. The summed E-state index contributed by atoms with van der Waals surface area (Å²) in [6, 6.07) is 3.32. The Morgan fingerprint density at radius 2 is 2.26 bits per heavy atom. The molecule has 0 aliphatic heterocycles. The fourth-order valence-corrected chi connectivity index (χ4v) is 1.96. The Labute approximate surface area is 116 Å². The number of halogens is 1. The number of methoxy groups -OCH3 is 1. The van der Waals surface area contributed by atoms with Crippen LogP contribution in [0.2, 0.25) is 5.02 Å². The smallest absolute Gasteiger partial charge is 0.166 e. The van der Waals surface area contributed by atoms with Crippen molar-refractivity contribution in [1.29, 1.82) is 0 Å². The molecule has 0 aliphatic rings. The highest BCUT2D eigenvalue weighted by Crippen LogP contribution is 2.34. The topological polar surface area (TPSA) is 56.5 Å². The first-order valence-corrected chi connectivity index (χ1v) is 6.18. The zero-order valence-electron chi connectivity index (χ0n) is 10.5. The number of hydrogen-bond acceptors (Lipinski definition) is 4. The Kier molecular flexibility index (Phi) is 4.65. The summed E-state index contributed by atoms with van der Waals surface area (Å²) in [4.78, 5) is 3.95. The van der Waals surface area contributed by atoms with E-state index in [0.29, 0.717) is 35.2 Å². The lowest BCUT2D eigenvalue weighted by Crippen LogP contribution is -2.08. The van der Waals surface area contributed by atoms with Gasteiger partial charge in [0.25, 0.3) is 0 Å². The summed E-state index contributed by atoms with van der Waals surface area (Å²) in [5.41, 5.74) is 0.606. The van der Waals surface area contributed by atoms with E-state index >= 15 is 0 Å². The highest BCUT2D eigenvalue weighted by Gasteiger charge is 2.12. The number of imidazole rings is 1. The normalized spacial score (nSPS) is 10.5. The molecule has 2 rings (SSSR count). The average molecular weight is 283 g/mol.